The van der Waals surface area contributed by atoms with Crippen LogP contribution in [0.2, 0.25) is 0 Å². The normalized spacial score (nSPS) is 13.3. The Hall–Kier alpha value is -1.03. The van der Waals surface area contributed by atoms with Crippen LogP contribution in [-0.4, -0.2) is 11.1 Å². The lowest BCUT2D eigenvalue weighted by Gasteiger charge is -1.98. The average molecular weight is 282 g/mol. The summed E-state index contributed by atoms with van der Waals surface area (Å²) in [6.07, 6.45) is 1.17. The Morgan fingerprint density at radius 1 is 1.38 bits per heavy atom. The number of benzene rings is 1. The molecule has 16 heavy (non-hydrogen) atoms. The number of hydrogen-bond acceptors (Lipinski definition) is 1. The van der Waals surface area contributed by atoms with E-state index in [1.54, 1.807) is 0 Å². The van der Waals surface area contributed by atoms with E-state index in [9.17, 15) is 0 Å². The van der Waals surface area contributed by atoms with Gasteiger partial charge in [0.15, 0.2) is 0 Å². The lowest BCUT2D eigenvalue weighted by atomic mass is 10.3. The minimum Gasteiger partial charge on any atom is -1.00 e. The molecule has 0 spiro atoms. The van der Waals surface area contributed by atoms with Crippen molar-refractivity contribution >= 4 is 17.0 Å². The van der Waals surface area contributed by atoms with Gasteiger partial charge in [0.2, 0.25) is 0 Å². The summed E-state index contributed by atoms with van der Waals surface area (Å²) in [6.45, 7) is 5.47. The van der Waals surface area contributed by atoms with E-state index in [4.69, 9.17) is 0 Å². The van der Waals surface area contributed by atoms with Gasteiger partial charge in [0, 0.05) is 0 Å². The van der Waals surface area contributed by atoms with E-state index in [0.29, 0.717) is 0 Å². The lowest BCUT2D eigenvalue weighted by Crippen LogP contribution is -3.00. The van der Waals surface area contributed by atoms with Crippen molar-refractivity contribution in [3.05, 3.63) is 24.3 Å². The van der Waals surface area contributed by atoms with Gasteiger partial charge in [-0.05, 0) is 18.6 Å². The number of rotatable bonds is 2. The van der Waals surface area contributed by atoms with Gasteiger partial charge >= 0.3 is 5.95 Å². The highest BCUT2D eigenvalue weighted by atomic mass is 79.9. The first-order chi connectivity index (χ1) is 7.42. The summed E-state index contributed by atoms with van der Waals surface area (Å²) in [6, 6.07) is 8.64. The molecule has 0 atom stereocenters. The molecule has 86 valence electrons. The van der Waals surface area contributed by atoms with Crippen molar-refractivity contribution in [2.75, 3.05) is 11.9 Å². The highest BCUT2D eigenvalue weighted by molar-refractivity contribution is 5.74. The second kappa shape index (κ2) is 4.45. The number of aromatic nitrogens is 2. The zero-order chi connectivity index (χ0) is 10.3. The maximum absolute atomic E-state index is 3.47. The number of nitrogens with zero attached hydrogens (tertiary/aromatic N) is 2. The number of imidazole rings is 1. The van der Waals surface area contributed by atoms with Crippen LogP contribution in [0.25, 0.3) is 11.0 Å². The molecule has 3 rings (SSSR count). The lowest BCUT2D eigenvalue weighted by molar-refractivity contribution is -0.644. The zero-order valence-electron chi connectivity index (χ0n) is 9.41. The van der Waals surface area contributed by atoms with Crippen LogP contribution in [0, 0.1) is 0 Å². The van der Waals surface area contributed by atoms with Gasteiger partial charge < -0.3 is 17.0 Å². The first-order valence-corrected chi connectivity index (χ1v) is 5.66. The van der Waals surface area contributed by atoms with Crippen molar-refractivity contribution in [1.82, 2.24) is 4.57 Å². The van der Waals surface area contributed by atoms with E-state index in [0.717, 1.165) is 19.6 Å². The predicted molar refractivity (Wildman–Crippen MR) is 60.9 cm³/mol. The van der Waals surface area contributed by atoms with E-state index >= 15 is 0 Å². The van der Waals surface area contributed by atoms with Crippen LogP contribution in [-0.2, 0) is 13.1 Å². The molecule has 1 aromatic carbocycles. The Bertz CT molecular complexity index is 504. The summed E-state index contributed by atoms with van der Waals surface area (Å²) in [4.78, 5) is 0. The molecule has 1 aliphatic heterocycles. The summed E-state index contributed by atoms with van der Waals surface area (Å²) < 4.78 is 4.77. The van der Waals surface area contributed by atoms with Gasteiger partial charge in [-0.1, -0.05) is 19.1 Å². The molecule has 1 N–H and O–H groups in total. The highest BCUT2D eigenvalue weighted by Crippen LogP contribution is 2.20. The van der Waals surface area contributed by atoms with Crippen LogP contribution in [0.1, 0.15) is 13.3 Å². The van der Waals surface area contributed by atoms with Crippen molar-refractivity contribution in [2.24, 2.45) is 0 Å². The van der Waals surface area contributed by atoms with Gasteiger partial charge in [-0.15, -0.1) is 0 Å². The molecule has 0 saturated heterocycles. The Balaban J connectivity index is 0.000000963. The number of para-hydroxylation sites is 2. The maximum atomic E-state index is 3.47. The molecule has 4 heteroatoms. The molecule has 0 amide bonds. The smallest absolute Gasteiger partial charge is 0.358 e. The largest absolute Gasteiger partial charge is 1.00 e. The van der Waals surface area contributed by atoms with E-state index in [1.165, 1.54) is 23.4 Å². The number of hydrogen-bond donors (Lipinski definition) is 1. The zero-order valence-corrected chi connectivity index (χ0v) is 11.0. The fourth-order valence-corrected chi connectivity index (χ4v) is 2.44. The van der Waals surface area contributed by atoms with Crippen LogP contribution in [0.15, 0.2) is 24.3 Å². The molecule has 2 heterocycles. The van der Waals surface area contributed by atoms with E-state index < -0.39 is 0 Å². The van der Waals surface area contributed by atoms with Crippen molar-refractivity contribution in [2.45, 2.75) is 26.4 Å². The van der Waals surface area contributed by atoms with Gasteiger partial charge in [0.1, 0.15) is 17.6 Å². The standard InChI is InChI=1S/C12H15N3.BrH/c1-2-8-14-10-5-3-4-6-11(10)15-9-7-13-12(14)15;/h3-6H,2,7-9H2,1H3;1H. The van der Waals surface area contributed by atoms with E-state index in [1.807, 2.05) is 0 Å². The van der Waals surface area contributed by atoms with Crippen LogP contribution < -0.4 is 26.9 Å². The van der Waals surface area contributed by atoms with Crippen LogP contribution >= 0.6 is 0 Å². The quantitative estimate of drug-likeness (QED) is 0.684. The maximum Gasteiger partial charge on any atom is 0.358 e. The third kappa shape index (κ3) is 1.52. The van der Waals surface area contributed by atoms with Crippen LogP contribution in [0.4, 0.5) is 5.95 Å². The second-order valence-electron chi connectivity index (χ2n) is 4.04. The molecular formula is C12H16BrN3. The van der Waals surface area contributed by atoms with Crippen LogP contribution in [0.5, 0.6) is 0 Å². The van der Waals surface area contributed by atoms with E-state index in [2.05, 4.69) is 45.6 Å². The molecule has 0 radical (unpaired) electrons. The third-order valence-corrected chi connectivity index (χ3v) is 3.04. The summed E-state index contributed by atoms with van der Waals surface area (Å²) >= 11 is 0. The van der Waals surface area contributed by atoms with Gasteiger partial charge in [-0.25, -0.2) is 9.13 Å². The van der Waals surface area contributed by atoms with Gasteiger partial charge in [-0.2, -0.15) is 0 Å². The molecule has 0 unspecified atom stereocenters. The molecule has 1 aliphatic rings. The first-order valence-electron chi connectivity index (χ1n) is 5.66. The van der Waals surface area contributed by atoms with Gasteiger partial charge in [0.25, 0.3) is 0 Å². The topological polar surface area (TPSA) is 20.8 Å². The number of nitrogens with one attached hydrogen (secondary N) is 1. The minimum absolute atomic E-state index is 0. The Labute approximate surface area is 106 Å². The molecule has 1 aromatic heterocycles. The molecule has 2 aromatic rings. The monoisotopic (exact) mass is 281 g/mol. The average Bonchev–Trinajstić information content (AvgIpc) is 2.82. The highest BCUT2D eigenvalue weighted by Gasteiger charge is 2.26. The van der Waals surface area contributed by atoms with Crippen molar-refractivity contribution in [3.8, 4) is 0 Å². The van der Waals surface area contributed by atoms with Crippen molar-refractivity contribution < 1.29 is 21.5 Å². The first kappa shape index (κ1) is 11.5. The van der Waals surface area contributed by atoms with Crippen molar-refractivity contribution in [3.63, 3.8) is 0 Å². The van der Waals surface area contributed by atoms with Gasteiger partial charge in [-0.3, -0.25) is 5.32 Å². The second-order valence-corrected chi connectivity index (χ2v) is 4.04. The Morgan fingerprint density at radius 2 is 2.19 bits per heavy atom. The molecule has 0 saturated carbocycles. The van der Waals surface area contributed by atoms with Gasteiger partial charge in [0.05, 0.1) is 13.1 Å². The minimum atomic E-state index is 0. The summed E-state index contributed by atoms with van der Waals surface area (Å²) in [5.41, 5.74) is 2.70. The van der Waals surface area contributed by atoms with Crippen LogP contribution in [0.3, 0.4) is 0 Å². The summed E-state index contributed by atoms with van der Waals surface area (Å²) in [7, 11) is 0. The summed E-state index contributed by atoms with van der Waals surface area (Å²) in [5.74, 6) is 1.28. The third-order valence-electron chi connectivity index (χ3n) is 3.04. The number of fused-ring (bicyclic) bond motifs is 3. The molecule has 0 aliphatic carbocycles. The fraction of sp³-hybridized carbons (Fsp3) is 0.417. The van der Waals surface area contributed by atoms with E-state index in [-0.39, 0.29) is 17.0 Å². The molecule has 0 bridgehead atoms. The number of aryl methyl sites for hydroxylation is 1. The molecular weight excluding hydrogens is 266 g/mol. The predicted octanol–water partition coefficient (Wildman–Crippen LogP) is -1.23. The summed E-state index contributed by atoms with van der Waals surface area (Å²) in [5, 5.41) is 3.47. The molecule has 0 fully saturated rings. The Morgan fingerprint density at radius 3 is 3.00 bits per heavy atom. The number of anilines is 1. The number of halogens is 1. The fourth-order valence-electron chi connectivity index (χ4n) is 2.44. The Kier molecular flexibility index (Phi) is 3.19. The van der Waals surface area contributed by atoms with Crippen molar-refractivity contribution in [1.29, 1.82) is 0 Å². The molecule has 3 nitrogen and oxygen atoms in total. The SMILES string of the molecule is CCCn1c2[n+](c3ccccc31)CCN2.[Br-].